The predicted molar refractivity (Wildman–Crippen MR) is 80.5 cm³/mol. The van der Waals surface area contributed by atoms with Crippen molar-refractivity contribution in [3.63, 3.8) is 0 Å². The summed E-state index contributed by atoms with van der Waals surface area (Å²) in [4.78, 5) is 13.1. The highest BCUT2D eigenvalue weighted by molar-refractivity contribution is 8.00. The van der Waals surface area contributed by atoms with Crippen LogP contribution in [0.25, 0.3) is 0 Å². The summed E-state index contributed by atoms with van der Waals surface area (Å²) >= 11 is 1.59. The fraction of sp³-hybridized carbons (Fsp3) is 0.533. The van der Waals surface area contributed by atoms with Crippen LogP contribution in [-0.4, -0.2) is 30.3 Å². The first kappa shape index (κ1) is 14.4. The number of carbonyl (C=O) groups is 1. The summed E-state index contributed by atoms with van der Waals surface area (Å²) in [6, 6.07) is 8.94. The van der Waals surface area contributed by atoms with E-state index >= 15 is 0 Å². The van der Waals surface area contributed by atoms with Crippen molar-refractivity contribution in [1.29, 1.82) is 0 Å². The molecular formula is C15H22N2OS. The van der Waals surface area contributed by atoms with Crippen molar-refractivity contribution in [2.45, 2.75) is 43.7 Å². The molecule has 0 aromatic heterocycles. The van der Waals surface area contributed by atoms with Gasteiger partial charge in [-0.2, -0.15) is 0 Å². The van der Waals surface area contributed by atoms with Crippen LogP contribution in [0.4, 0.5) is 0 Å². The van der Waals surface area contributed by atoms with E-state index in [1.54, 1.807) is 11.8 Å². The molecule has 1 amide bonds. The van der Waals surface area contributed by atoms with E-state index in [-0.39, 0.29) is 11.9 Å². The van der Waals surface area contributed by atoms with E-state index in [4.69, 9.17) is 0 Å². The fourth-order valence-corrected chi connectivity index (χ4v) is 2.98. The molecule has 0 radical (unpaired) electrons. The number of rotatable bonds is 4. The van der Waals surface area contributed by atoms with E-state index in [1.165, 1.54) is 5.56 Å². The minimum absolute atomic E-state index is 0.131. The summed E-state index contributed by atoms with van der Waals surface area (Å²) in [7, 11) is 0. The van der Waals surface area contributed by atoms with E-state index in [2.05, 4.69) is 48.7 Å². The van der Waals surface area contributed by atoms with E-state index in [0.717, 1.165) is 24.3 Å². The Morgan fingerprint density at radius 3 is 2.84 bits per heavy atom. The van der Waals surface area contributed by atoms with Gasteiger partial charge in [-0.3, -0.25) is 4.79 Å². The molecule has 0 bridgehead atoms. The highest BCUT2D eigenvalue weighted by Gasteiger charge is 2.22. The van der Waals surface area contributed by atoms with Crippen molar-refractivity contribution >= 4 is 17.7 Å². The number of amides is 1. The van der Waals surface area contributed by atoms with Gasteiger partial charge in [0.05, 0.1) is 5.75 Å². The second kappa shape index (κ2) is 6.96. The predicted octanol–water partition coefficient (Wildman–Crippen LogP) is 2.34. The molecule has 2 rings (SSSR count). The Morgan fingerprint density at radius 2 is 2.16 bits per heavy atom. The van der Waals surface area contributed by atoms with E-state index in [1.807, 2.05) is 0 Å². The SMILES string of the molecule is Cc1ccc(SCC(=O)NC2CCCNC2C)cc1. The minimum Gasteiger partial charge on any atom is -0.351 e. The van der Waals surface area contributed by atoms with Crippen LogP contribution >= 0.6 is 11.8 Å². The monoisotopic (exact) mass is 278 g/mol. The molecule has 4 heteroatoms. The second-order valence-corrected chi connectivity index (χ2v) is 6.21. The van der Waals surface area contributed by atoms with Gasteiger partial charge < -0.3 is 10.6 Å². The third-order valence-electron chi connectivity index (χ3n) is 3.50. The number of hydrogen-bond donors (Lipinski definition) is 2. The van der Waals surface area contributed by atoms with E-state index in [0.29, 0.717) is 11.8 Å². The molecule has 1 aromatic carbocycles. The Kier molecular flexibility index (Phi) is 5.28. The van der Waals surface area contributed by atoms with Gasteiger partial charge >= 0.3 is 0 Å². The standard InChI is InChI=1S/C15H22N2OS/c1-11-5-7-13(8-6-11)19-10-15(18)17-14-4-3-9-16-12(14)2/h5-8,12,14,16H,3-4,9-10H2,1-2H3,(H,17,18). The van der Waals surface area contributed by atoms with Crippen LogP contribution in [0, 0.1) is 6.92 Å². The van der Waals surface area contributed by atoms with Gasteiger partial charge in [0.1, 0.15) is 0 Å². The first-order chi connectivity index (χ1) is 9.15. The number of hydrogen-bond acceptors (Lipinski definition) is 3. The molecule has 1 heterocycles. The molecular weight excluding hydrogens is 256 g/mol. The quantitative estimate of drug-likeness (QED) is 0.831. The van der Waals surface area contributed by atoms with Gasteiger partial charge in [0.25, 0.3) is 0 Å². The topological polar surface area (TPSA) is 41.1 Å². The second-order valence-electron chi connectivity index (χ2n) is 5.16. The number of thioether (sulfide) groups is 1. The largest absolute Gasteiger partial charge is 0.351 e. The molecule has 19 heavy (non-hydrogen) atoms. The lowest BCUT2D eigenvalue weighted by Crippen LogP contribution is -2.52. The fourth-order valence-electron chi connectivity index (χ4n) is 2.27. The van der Waals surface area contributed by atoms with Gasteiger partial charge in [-0.15, -0.1) is 11.8 Å². The van der Waals surface area contributed by atoms with Crippen molar-refractivity contribution in [1.82, 2.24) is 10.6 Å². The minimum atomic E-state index is 0.131. The molecule has 2 unspecified atom stereocenters. The normalized spacial score (nSPS) is 23.1. The highest BCUT2D eigenvalue weighted by Crippen LogP contribution is 2.18. The average molecular weight is 278 g/mol. The number of carbonyl (C=O) groups excluding carboxylic acids is 1. The Hall–Kier alpha value is -1.00. The van der Waals surface area contributed by atoms with E-state index in [9.17, 15) is 4.79 Å². The third kappa shape index (κ3) is 4.55. The van der Waals surface area contributed by atoms with Crippen LogP contribution in [0.5, 0.6) is 0 Å². The number of aryl methyl sites for hydroxylation is 1. The maximum absolute atomic E-state index is 11.9. The summed E-state index contributed by atoms with van der Waals surface area (Å²) in [5.74, 6) is 0.623. The molecule has 2 N–H and O–H groups in total. The van der Waals surface area contributed by atoms with Crippen molar-refractivity contribution in [2.75, 3.05) is 12.3 Å². The summed E-state index contributed by atoms with van der Waals surface area (Å²) in [5.41, 5.74) is 1.25. The zero-order valence-electron chi connectivity index (χ0n) is 11.6. The smallest absolute Gasteiger partial charge is 0.230 e. The van der Waals surface area contributed by atoms with Crippen LogP contribution in [0.1, 0.15) is 25.3 Å². The Morgan fingerprint density at radius 1 is 1.42 bits per heavy atom. The van der Waals surface area contributed by atoms with Gasteiger partial charge in [-0.1, -0.05) is 17.7 Å². The summed E-state index contributed by atoms with van der Waals surface area (Å²) < 4.78 is 0. The molecule has 1 aliphatic rings. The number of piperidine rings is 1. The van der Waals surface area contributed by atoms with Crippen molar-refractivity contribution in [3.8, 4) is 0 Å². The van der Waals surface area contributed by atoms with Crippen molar-refractivity contribution < 1.29 is 4.79 Å². The van der Waals surface area contributed by atoms with Crippen LogP contribution in [0.3, 0.4) is 0 Å². The first-order valence-electron chi connectivity index (χ1n) is 6.87. The van der Waals surface area contributed by atoms with Crippen LogP contribution in [0.2, 0.25) is 0 Å². The molecule has 0 aliphatic carbocycles. The Balaban J connectivity index is 1.76. The van der Waals surface area contributed by atoms with Gasteiger partial charge in [-0.05, 0) is 45.4 Å². The lowest BCUT2D eigenvalue weighted by molar-refractivity contribution is -0.119. The maximum atomic E-state index is 11.9. The van der Waals surface area contributed by atoms with Crippen molar-refractivity contribution in [3.05, 3.63) is 29.8 Å². The molecule has 1 aliphatic heterocycles. The van der Waals surface area contributed by atoms with Crippen LogP contribution < -0.4 is 10.6 Å². The number of benzene rings is 1. The van der Waals surface area contributed by atoms with Crippen LogP contribution in [-0.2, 0) is 4.79 Å². The van der Waals surface area contributed by atoms with Gasteiger partial charge in [0.15, 0.2) is 0 Å². The highest BCUT2D eigenvalue weighted by atomic mass is 32.2. The lowest BCUT2D eigenvalue weighted by atomic mass is 10.00. The van der Waals surface area contributed by atoms with Gasteiger partial charge in [0, 0.05) is 17.0 Å². The van der Waals surface area contributed by atoms with Gasteiger partial charge in [0.2, 0.25) is 5.91 Å². The molecule has 3 nitrogen and oxygen atoms in total. The molecule has 1 aromatic rings. The molecule has 0 saturated carbocycles. The number of nitrogens with one attached hydrogen (secondary N) is 2. The molecule has 1 saturated heterocycles. The Bertz CT molecular complexity index is 419. The first-order valence-corrected chi connectivity index (χ1v) is 7.86. The van der Waals surface area contributed by atoms with Crippen molar-refractivity contribution in [2.24, 2.45) is 0 Å². The van der Waals surface area contributed by atoms with Gasteiger partial charge in [-0.25, -0.2) is 0 Å². The van der Waals surface area contributed by atoms with E-state index < -0.39 is 0 Å². The third-order valence-corrected chi connectivity index (χ3v) is 4.51. The molecule has 104 valence electrons. The Labute approximate surface area is 119 Å². The summed E-state index contributed by atoms with van der Waals surface area (Å²) in [6.07, 6.45) is 2.22. The summed E-state index contributed by atoms with van der Waals surface area (Å²) in [5, 5.41) is 6.52. The molecule has 2 atom stereocenters. The summed E-state index contributed by atoms with van der Waals surface area (Å²) in [6.45, 7) is 5.27. The molecule has 1 fully saturated rings. The zero-order valence-corrected chi connectivity index (χ0v) is 12.4. The average Bonchev–Trinajstić information content (AvgIpc) is 2.41. The maximum Gasteiger partial charge on any atom is 0.230 e. The zero-order chi connectivity index (χ0) is 13.7. The van der Waals surface area contributed by atoms with Crippen LogP contribution in [0.15, 0.2) is 29.2 Å². The lowest BCUT2D eigenvalue weighted by Gasteiger charge is -2.30. The molecule has 0 spiro atoms.